The minimum atomic E-state index is -0.170. The fourth-order valence-corrected chi connectivity index (χ4v) is 5.10. The minimum absolute atomic E-state index is 0. The fourth-order valence-electron chi connectivity index (χ4n) is 5.10. The Kier molecular flexibility index (Phi) is 7.00. The molecule has 0 aromatic heterocycles. The number of hydrogen-bond acceptors (Lipinski definition) is 3. The first-order valence-electron chi connectivity index (χ1n) is 10.6. The average molecular weight is 406 g/mol. The van der Waals surface area contributed by atoms with Gasteiger partial charge in [0, 0.05) is 37.3 Å². The standard InChI is InChI=1S/C22H31N3O2.ClH/c1-16-15-17-7-2-5-10-20(17)25(16)22(27)19-9-4-3-8-18(19)21(26)24-13-6-11-23-12-14-24;/h2,5,7,10,16,18-19,23H,3-4,6,8-9,11-15H2,1H3;1H. The third kappa shape index (κ3) is 4.06. The maximum atomic E-state index is 13.6. The van der Waals surface area contributed by atoms with Gasteiger partial charge in [-0.1, -0.05) is 31.0 Å². The lowest BCUT2D eigenvalue weighted by Gasteiger charge is -2.36. The summed E-state index contributed by atoms with van der Waals surface area (Å²) in [6.45, 7) is 5.52. The van der Waals surface area contributed by atoms with Gasteiger partial charge < -0.3 is 15.1 Å². The molecule has 1 saturated carbocycles. The molecule has 5 nitrogen and oxygen atoms in total. The molecule has 2 heterocycles. The van der Waals surface area contributed by atoms with Crippen molar-refractivity contribution in [2.75, 3.05) is 31.1 Å². The Morgan fingerprint density at radius 3 is 2.46 bits per heavy atom. The topological polar surface area (TPSA) is 52.7 Å². The Labute approximate surface area is 174 Å². The predicted octanol–water partition coefficient (Wildman–Crippen LogP) is 3.01. The molecule has 2 fully saturated rings. The number of halogens is 1. The second-order valence-electron chi connectivity index (χ2n) is 8.32. The van der Waals surface area contributed by atoms with Gasteiger partial charge in [-0.15, -0.1) is 12.4 Å². The van der Waals surface area contributed by atoms with Gasteiger partial charge in [0.25, 0.3) is 0 Å². The quantitative estimate of drug-likeness (QED) is 0.822. The van der Waals surface area contributed by atoms with Crippen LogP contribution < -0.4 is 10.2 Å². The molecule has 3 aliphatic rings. The number of fused-ring (bicyclic) bond motifs is 1. The Hall–Kier alpha value is -1.59. The van der Waals surface area contributed by atoms with Gasteiger partial charge in [-0.3, -0.25) is 9.59 Å². The highest BCUT2D eigenvalue weighted by atomic mass is 35.5. The van der Waals surface area contributed by atoms with Crippen molar-refractivity contribution in [3.8, 4) is 0 Å². The number of anilines is 1. The van der Waals surface area contributed by atoms with Gasteiger partial charge in [-0.25, -0.2) is 0 Å². The zero-order valence-corrected chi connectivity index (χ0v) is 17.5. The van der Waals surface area contributed by atoms with Crippen LogP contribution >= 0.6 is 12.4 Å². The zero-order valence-electron chi connectivity index (χ0n) is 16.7. The summed E-state index contributed by atoms with van der Waals surface area (Å²) in [5.41, 5.74) is 2.29. The summed E-state index contributed by atoms with van der Waals surface area (Å²) < 4.78 is 0. The van der Waals surface area contributed by atoms with E-state index in [2.05, 4.69) is 24.4 Å². The number of hydrogen-bond donors (Lipinski definition) is 1. The number of nitrogens with one attached hydrogen (secondary N) is 1. The highest BCUT2D eigenvalue weighted by molar-refractivity contribution is 6.00. The van der Waals surface area contributed by atoms with Crippen LogP contribution in [0.1, 0.15) is 44.6 Å². The number of carbonyl (C=O) groups is 2. The van der Waals surface area contributed by atoms with E-state index >= 15 is 0 Å². The lowest BCUT2D eigenvalue weighted by Crippen LogP contribution is -2.48. The summed E-state index contributed by atoms with van der Waals surface area (Å²) in [7, 11) is 0. The van der Waals surface area contributed by atoms with E-state index in [1.54, 1.807) is 0 Å². The van der Waals surface area contributed by atoms with Crippen LogP contribution in [-0.4, -0.2) is 48.9 Å². The van der Waals surface area contributed by atoms with Crippen LogP contribution in [0.15, 0.2) is 24.3 Å². The summed E-state index contributed by atoms with van der Waals surface area (Å²) in [5.74, 6) is 0.0516. The SMILES string of the molecule is CC1Cc2ccccc2N1C(=O)C1CCCCC1C(=O)N1CCCNCC1.Cl. The van der Waals surface area contributed by atoms with Crippen molar-refractivity contribution in [3.05, 3.63) is 29.8 Å². The first kappa shape index (κ1) is 21.1. The summed E-state index contributed by atoms with van der Waals surface area (Å²) in [4.78, 5) is 30.9. The molecule has 0 bridgehead atoms. The van der Waals surface area contributed by atoms with Crippen molar-refractivity contribution in [2.45, 2.75) is 51.5 Å². The van der Waals surface area contributed by atoms with Gasteiger partial charge >= 0.3 is 0 Å². The lowest BCUT2D eigenvalue weighted by atomic mass is 9.77. The highest BCUT2D eigenvalue weighted by Gasteiger charge is 2.42. The summed E-state index contributed by atoms with van der Waals surface area (Å²) >= 11 is 0. The lowest BCUT2D eigenvalue weighted by molar-refractivity contribution is -0.142. The monoisotopic (exact) mass is 405 g/mol. The Bertz CT molecular complexity index is 703. The molecule has 6 heteroatoms. The molecule has 1 aromatic carbocycles. The van der Waals surface area contributed by atoms with Crippen molar-refractivity contribution < 1.29 is 9.59 Å². The number of para-hydroxylation sites is 1. The van der Waals surface area contributed by atoms with Crippen LogP contribution in [0.3, 0.4) is 0 Å². The Balaban J connectivity index is 0.00000225. The third-order valence-electron chi connectivity index (χ3n) is 6.50. The van der Waals surface area contributed by atoms with Crippen LogP contribution in [0.2, 0.25) is 0 Å². The molecule has 0 spiro atoms. The molecule has 0 radical (unpaired) electrons. The maximum absolute atomic E-state index is 13.6. The van der Waals surface area contributed by atoms with Gasteiger partial charge in [0.1, 0.15) is 0 Å². The van der Waals surface area contributed by atoms with Crippen LogP contribution in [-0.2, 0) is 16.0 Å². The zero-order chi connectivity index (χ0) is 18.8. The van der Waals surface area contributed by atoms with E-state index in [-0.39, 0.29) is 42.1 Å². The summed E-state index contributed by atoms with van der Waals surface area (Å²) in [6.07, 6.45) is 5.69. The molecule has 3 unspecified atom stereocenters. The van der Waals surface area contributed by atoms with Gasteiger partial charge in [-0.05, 0) is 50.8 Å². The van der Waals surface area contributed by atoms with Crippen molar-refractivity contribution in [2.24, 2.45) is 11.8 Å². The first-order chi connectivity index (χ1) is 13.2. The van der Waals surface area contributed by atoms with Crippen molar-refractivity contribution in [1.29, 1.82) is 0 Å². The predicted molar refractivity (Wildman–Crippen MR) is 114 cm³/mol. The second-order valence-corrected chi connectivity index (χ2v) is 8.32. The molecule has 154 valence electrons. The Morgan fingerprint density at radius 2 is 1.68 bits per heavy atom. The number of nitrogens with zero attached hydrogens (tertiary/aromatic N) is 2. The third-order valence-corrected chi connectivity index (χ3v) is 6.50. The van der Waals surface area contributed by atoms with Gasteiger partial charge in [-0.2, -0.15) is 0 Å². The van der Waals surface area contributed by atoms with E-state index in [1.807, 2.05) is 21.9 Å². The van der Waals surface area contributed by atoms with Gasteiger partial charge in [0.15, 0.2) is 0 Å². The molecule has 4 rings (SSSR count). The van der Waals surface area contributed by atoms with E-state index in [9.17, 15) is 9.59 Å². The molecule has 1 aliphatic carbocycles. The number of benzene rings is 1. The molecule has 1 N–H and O–H groups in total. The number of rotatable bonds is 2. The summed E-state index contributed by atoms with van der Waals surface area (Å²) in [5, 5.41) is 3.36. The van der Waals surface area contributed by atoms with Crippen LogP contribution in [0, 0.1) is 11.8 Å². The molecule has 2 aliphatic heterocycles. The number of carbonyl (C=O) groups excluding carboxylic acids is 2. The molecule has 2 amide bonds. The van der Waals surface area contributed by atoms with Crippen LogP contribution in [0.4, 0.5) is 5.69 Å². The molecular weight excluding hydrogens is 374 g/mol. The second kappa shape index (κ2) is 9.27. The van der Waals surface area contributed by atoms with E-state index < -0.39 is 0 Å². The molecule has 1 saturated heterocycles. The van der Waals surface area contributed by atoms with Gasteiger partial charge in [0.2, 0.25) is 11.8 Å². The highest BCUT2D eigenvalue weighted by Crippen LogP contribution is 2.38. The molecular formula is C22H32ClN3O2. The van der Waals surface area contributed by atoms with E-state index in [1.165, 1.54) is 5.56 Å². The molecule has 3 atom stereocenters. The fraction of sp³-hybridized carbons (Fsp3) is 0.636. The van der Waals surface area contributed by atoms with Gasteiger partial charge in [0.05, 0.1) is 5.92 Å². The smallest absolute Gasteiger partial charge is 0.231 e. The molecule has 1 aromatic rings. The largest absolute Gasteiger partial charge is 0.341 e. The van der Waals surface area contributed by atoms with Crippen molar-refractivity contribution >= 4 is 29.9 Å². The normalized spacial score (nSPS) is 27.5. The summed E-state index contributed by atoms with van der Waals surface area (Å²) in [6, 6.07) is 8.39. The van der Waals surface area contributed by atoms with E-state index in [4.69, 9.17) is 0 Å². The van der Waals surface area contributed by atoms with E-state index in [0.717, 1.165) is 70.4 Å². The van der Waals surface area contributed by atoms with Crippen molar-refractivity contribution in [3.63, 3.8) is 0 Å². The van der Waals surface area contributed by atoms with Crippen LogP contribution in [0.5, 0.6) is 0 Å². The minimum Gasteiger partial charge on any atom is -0.341 e. The van der Waals surface area contributed by atoms with Crippen LogP contribution in [0.25, 0.3) is 0 Å². The maximum Gasteiger partial charge on any atom is 0.231 e. The van der Waals surface area contributed by atoms with Crippen molar-refractivity contribution in [1.82, 2.24) is 10.2 Å². The number of amides is 2. The Morgan fingerprint density at radius 1 is 0.964 bits per heavy atom. The molecule has 28 heavy (non-hydrogen) atoms. The van der Waals surface area contributed by atoms with E-state index in [0.29, 0.717) is 0 Å². The average Bonchev–Trinajstić information content (AvgIpc) is 2.86. The first-order valence-corrected chi connectivity index (χ1v) is 10.6.